The highest BCUT2D eigenvalue weighted by Crippen LogP contribution is 2.29. The monoisotopic (exact) mass is 482 g/mol. The summed E-state index contributed by atoms with van der Waals surface area (Å²) in [7, 11) is -4.38. The fourth-order valence-electron chi connectivity index (χ4n) is 3.05. The molecule has 10 heteroatoms. The maximum absolute atomic E-state index is 13.0. The Bertz CT molecular complexity index is 1340. The number of nitrogens with one attached hydrogen (secondary N) is 1. The molecule has 3 aromatic rings. The predicted octanol–water partition coefficient (Wildman–Crippen LogP) is 4.89. The molecule has 0 aliphatic rings. The second kappa shape index (κ2) is 10.6. The quantitative estimate of drug-likeness (QED) is 0.199. The molecule has 0 bridgehead atoms. The van der Waals surface area contributed by atoms with Gasteiger partial charge in [-0.25, -0.2) is 0 Å². The number of benzene rings is 3. The number of para-hydroxylation sites is 1. The van der Waals surface area contributed by atoms with Crippen molar-refractivity contribution >= 4 is 39.6 Å². The van der Waals surface area contributed by atoms with Gasteiger partial charge in [-0.2, -0.15) is 8.42 Å². The first-order valence-corrected chi connectivity index (χ1v) is 11.6. The van der Waals surface area contributed by atoms with Crippen LogP contribution in [-0.4, -0.2) is 25.9 Å². The fraction of sp³-hybridized carbons (Fsp3) is 0.125. The summed E-state index contributed by atoms with van der Waals surface area (Å²) in [5, 5.41) is 13.9. The van der Waals surface area contributed by atoms with Gasteiger partial charge >= 0.3 is 10.1 Å². The van der Waals surface area contributed by atoms with Gasteiger partial charge in [0.05, 0.1) is 11.5 Å². The van der Waals surface area contributed by atoms with E-state index in [2.05, 4.69) is 5.32 Å². The lowest BCUT2D eigenvalue weighted by Crippen LogP contribution is -2.11. The molecule has 3 aromatic carbocycles. The SMILES string of the molecule is CCOc1cc(NC(C)=O)ccc1C=Cc1ccc([N+](=O)[O-])cc1S(=O)(=O)Oc1ccccc1. The van der Waals surface area contributed by atoms with Crippen LogP contribution in [-0.2, 0) is 14.9 Å². The minimum atomic E-state index is -4.38. The molecule has 34 heavy (non-hydrogen) atoms. The van der Waals surface area contributed by atoms with Gasteiger partial charge < -0.3 is 14.2 Å². The van der Waals surface area contributed by atoms with E-state index in [1.165, 1.54) is 37.3 Å². The number of non-ortho nitro benzene ring substituents is 1. The molecule has 0 unspecified atom stereocenters. The van der Waals surface area contributed by atoms with Crippen LogP contribution in [0.15, 0.2) is 71.6 Å². The van der Waals surface area contributed by atoms with E-state index in [1.807, 2.05) is 0 Å². The molecule has 0 saturated carbocycles. The van der Waals surface area contributed by atoms with E-state index in [4.69, 9.17) is 8.92 Å². The molecule has 0 aliphatic heterocycles. The van der Waals surface area contributed by atoms with Crippen LogP contribution in [0.25, 0.3) is 12.2 Å². The molecule has 0 atom stereocenters. The number of hydrogen-bond donors (Lipinski definition) is 1. The number of ether oxygens (including phenoxy) is 1. The highest BCUT2D eigenvalue weighted by Gasteiger charge is 2.23. The zero-order valence-electron chi connectivity index (χ0n) is 18.4. The Morgan fingerprint density at radius 2 is 1.71 bits per heavy atom. The van der Waals surface area contributed by atoms with Gasteiger partial charge in [0.2, 0.25) is 5.91 Å². The summed E-state index contributed by atoms with van der Waals surface area (Å²) < 4.78 is 36.8. The summed E-state index contributed by atoms with van der Waals surface area (Å²) in [6.07, 6.45) is 3.12. The normalized spacial score (nSPS) is 11.2. The van der Waals surface area contributed by atoms with E-state index in [1.54, 1.807) is 49.4 Å². The molecule has 0 aromatic heterocycles. The van der Waals surface area contributed by atoms with Gasteiger partial charge in [-0.3, -0.25) is 14.9 Å². The number of rotatable bonds is 9. The Balaban J connectivity index is 2.03. The van der Waals surface area contributed by atoms with Gasteiger partial charge in [0.25, 0.3) is 5.69 Å². The average molecular weight is 483 g/mol. The largest absolute Gasteiger partial charge is 0.493 e. The topological polar surface area (TPSA) is 125 Å². The lowest BCUT2D eigenvalue weighted by molar-refractivity contribution is -0.385. The molecule has 3 rings (SSSR count). The van der Waals surface area contributed by atoms with Crippen molar-refractivity contribution in [3.05, 3.63) is 88.0 Å². The molecule has 0 fully saturated rings. The second-order valence-corrected chi connectivity index (χ2v) is 8.54. The molecule has 0 spiro atoms. The summed E-state index contributed by atoms with van der Waals surface area (Å²) in [5.41, 5.74) is 0.960. The van der Waals surface area contributed by atoms with E-state index >= 15 is 0 Å². The van der Waals surface area contributed by atoms with Crippen LogP contribution in [0.3, 0.4) is 0 Å². The fourth-order valence-corrected chi connectivity index (χ4v) is 4.20. The maximum Gasteiger partial charge on any atom is 0.340 e. The summed E-state index contributed by atoms with van der Waals surface area (Å²) in [4.78, 5) is 21.6. The number of carbonyl (C=O) groups excluding carboxylic acids is 1. The summed E-state index contributed by atoms with van der Waals surface area (Å²) in [5.74, 6) is 0.317. The minimum Gasteiger partial charge on any atom is -0.493 e. The molecular formula is C24H22N2O7S. The second-order valence-electron chi connectivity index (χ2n) is 7.03. The minimum absolute atomic E-state index is 0.0797. The number of hydrogen-bond acceptors (Lipinski definition) is 7. The van der Waals surface area contributed by atoms with Crippen molar-refractivity contribution in [3.8, 4) is 11.5 Å². The lowest BCUT2D eigenvalue weighted by atomic mass is 10.1. The Morgan fingerprint density at radius 3 is 2.35 bits per heavy atom. The lowest BCUT2D eigenvalue weighted by Gasteiger charge is -2.11. The van der Waals surface area contributed by atoms with E-state index in [9.17, 15) is 23.3 Å². The van der Waals surface area contributed by atoms with Crippen molar-refractivity contribution in [1.29, 1.82) is 0 Å². The van der Waals surface area contributed by atoms with Crippen LogP contribution in [0.4, 0.5) is 11.4 Å². The number of nitro benzene ring substituents is 1. The standard InChI is InChI=1S/C24H22N2O7S/c1-3-32-23-15-20(25-17(2)27)13-11-18(23)9-10-19-12-14-21(26(28)29)16-24(19)34(30,31)33-22-7-5-4-6-8-22/h4-16H,3H2,1-2H3,(H,25,27). The van der Waals surface area contributed by atoms with Gasteiger partial charge in [0, 0.05) is 36.4 Å². The Labute approximate surface area is 196 Å². The number of carbonyl (C=O) groups is 1. The van der Waals surface area contributed by atoms with Crippen LogP contribution in [0.1, 0.15) is 25.0 Å². The van der Waals surface area contributed by atoms with Crippen LogP contribution in [0.2, 0.25) is 0 Å². The van der Waals surface area contributed by atoms with Gasteiger partial charge in [0.1, 0.15) is 16.4 Å². The molecule has 1 N–H and O–H groups in total. The van der Waals surface area contributed by atoms with Crippen LogP contribution >= 0.6 is 0 Å². The first-order chi connectivity index (χ1) is 16.2. The van der Waals surface area contributed by atoms with Crippen molar-refractivity contribution in [2.75, 3.05) is 11.9 Å². The van der Waals surface area contributed by atoms with Crippen LogP contribution < -0.4 is 14.2 Å². The van der Waals surface area contributed by atoms with Crippen molar-refractivity contribution < 1.29 is 27.1 Å². The van der Waals surface area contributed by atoms with Crippen LogP contribution in [0, 0.1) is 10.1 Å². The van der Waals surface area contributed by atoms with E-state index < -0.39 is 15.0 Å². The summed E-state index contributed by atoms with van der Waals surface area (Å²) >= 11 is 0. The van der Waals surface area contributed by atoms with Crippen molar-refractivity contribution in [3.63, 3.8) is 0 Å². The highest BCUT2D eigenvalue weighted by molar-refractivity contribution is 7.87. The predicted molar refractivity (Wildman–Crippen MR) is 128 cm³/mol. The van der Waals surface area contributed by atoms with Crippen molar-refractivity contribution in [2.24, 2.45) is 0 Å². The maximum atomic E-state index is 13.0. The van der Waals surface area contributed by atoms with Crippen LogP contribution in [0.5, 0.6) is 11.5 Å². The average Bonchev–Trinajstić information content (AvgIpc) is 2.78. The molecular weight excluding hydrogens is 460 g/mol. The number of nitro groups is 1. The third-order valence-corrected chi connectivity index (χ3v) is 5.81. The Morgan fingerprint density at radius 1 is 1.03 bits per heavy atom. The molecule has 0 heterocycles. The zero-order chi connectivity index (χ0) is 24.7. The molecule has 0 aliphatic carbocycles. The molecule has 0 saturated heterocycles. The zero-order valence-corrected chi connectivity index (χ0v) is 19.2. The summed E-state index contributed by atoms with van der Waals surface area (Å²) in [6.45, 7) is 3.56. The van der Waals surface area contributed by atoms with Crippen molar-refractivity contribution in [1.82, 2.24) is 0 Å². The van der Waals surface area contributed by atoms with Crippen molar-refractivity contribution in [2.45, 2.75) is 18.7 Å². The van der Waals surface area contributed by atoms with Gasteiger partial charge in [-0.1, -0.05) is 30.4 Å². The Kier molecular flexibility index (Phi) is 7.64. The smallest absolute Gasteiger partial charge is 0.340 e. The number of nitrogens with zero attached hydrogens (tertiary/aromatic N) is 1. The van der Waals surface area contributed by atoms with E-state index in [0.717, 1.165) is 6.07 Å². The molecule has 1 amide bonds. The van der Waals surface area contributed by atoms with E-state index in [-0.39, 0.29) is 27.8 Å². The highest BCUT2D eigenvalue weighted by atomic mass is 32.2. The third kappa shape index (κ3) is 6.20. The third-order valence-electron chi connectivity index (χ3n) is 4.50. The molecule has 0 radical (unpaired) electrons. The first kappa shape index (κ1) is 24.5. The van der Waals surface area contributed by atoms with Gasteiger partial charge in [-0.05, 0) is 42.8 Å². The molecule has 9 nitrogen and oxygen atoms in total. The summed E-state index contributed by atoms with van der Waals surface area (Å²) in [6, 6.07) is 16.4. The van der Waals surface area contributed by atoms with Gasteiger partial charge in [-0.15, -0.1) is 0 Å². The number of anilines is 1. The first-order valence-electron chi connectivity index (χ1n) is 10.2. The number of amides is 1. The Hall–Kier alpha value is -4.18. The molecule has 176 valence electrons. The van der Waals surface area contributed by atoms with Gasteiger partial charge in [0.15, 0.2) is 0 Å². The van der Waals surface area contributed by atoms with E-state index in [0.29, 0.717) is 23.6 Å².